The van der Waals surface area contributed by atoms with Gasteiger partial charge < -0.3 is 4.74 Å². The van der Waals surface area contributed by atoms with E-state index in [4.69, 9.17) is 0 Å². The summed E-state index contributed by atoms with van der Waals surface area (Å²) < 4.78 is 6.23. The van der Waals surface area contributed by atoms with E-state index in [1.54, 1.807) is 24.5 Å². The predicted octanol–water partition coefficient (Wildman–Crippen LogP) is 0.816. The number of aromatic nitrogens is 4. The molecule has 0 amide bonds. The van der Waals surface area contributed by atoms with Gasteiger partial charge in [0.2, 0.25) is 0 Å². The molecule has 0 fully saturated rings. The number of carbonyl (C=O) groups excluding carboxylic acids is 1. The minimum atomic E-state index is -0.415. The van der Waals surface area contributed by atoms with Crippen LogP contribution in [0, 0.1) is 6.92 Å². The SMILES string of the molecule is COC(=O)c1cc(C)nn1Cc1ncccn1. The van der Waals surface area contributed by atoms with Crippen molar-refractivity contribution in [2.45, 2.75) is 13.5 Å². The average Bonchev–Trinajstić information content (AvgIpc) is 2.70. The third kappa shape index (κ3) is 2.47. The van der Waals surface area contributed by atoms with Crippen LogP contribution in [-0.2, 0) is 11.3 Å². The fourth-order valence-electron chi connectivity index (χ4n) is 1.48. The second kappa shape index (κ2) is 4.73. The van der Waals surface area contributed by atoms with Crippen molar-refractivity contribution in [3.05, 3.63) is 41.7 Å². The summed E-state index contributed by atoms with van der Waals surface area (Å²) >= 11 is 0. The van der Waals surface area contributed by atoms with Crippen molar-refractivity contribution >= 4 is 5.97 Å². The predicted molar refractivity (Wildman–Crippen MR) is 59.4 cm³/mol. The fourth-order valence-corrected chi connectivity index (χ4v) is 1.48. The van der Waals surface area contributed by atoms with Crippen LogP contribution < -0.4 is 0 Å². The largest absolute Gasteiger partial charge is 0.464 e. The first-order valence-electron chi connectivity index (χ1n) is 5.09. The van der Waals surface area contributed by atoms with E-state index in [9.17, 15) is 4.79 Å². The minimum Gasteiger partial charge on any atom is -0.464 e. The number of esters is 1. The molecular formula is C11H12N4O2. The number of rotatable bonds is 3. The Kier molecular flexibility index (Phi) is 3.13. The molecule has 2 heterocycles. The molecule has 2 aromatic heterocycles. The molecule has 0 radical (unpaired) electrons. The van der Waals surface area contributed by atoms with Crippen LogP contribution in [0.1, 0.15) is 22.0 Å². The number of hydrogen-bond acceptors (Lipinski definition) is 5. The lowest BCUT2D eigenvalue weighted by Crippen LogP contribution is -2.14. The monoisotopic (exact) mass is 232 g/mol. The molecule has 0 unspecified atom stereocenters. The van der Waals surface area contributed by atoms with Crippen molar-refractivity contribution in [2.75, 3.05) is 7.11 Å². The number of aryl methyl sites for hydroxylation is 1. The molecule has 0 saturated heterocycles. The maximum atomic E-state index is 11.5. The lowest BCUT2D eigenvalue weighted by atomic mass is 10.3. The zero-order valence-corrected chi connectivity index (χ0v) is 9.62. The summed E-state index contributed by atoms with van der Waals surface area (Å²) in [6.45, 7) is 2.16. The molecule has 0 saturated carbocycles. The zero-order valence-electron chi connectivity index (χ0n) is 9.62. The van der Waals surface area contributed by atoms with Crippen LogP contribution in [0.15, 0.2) is 24.5 Å². The average molecular weight is 232 g/mol. The number of carbonyl (C=O) groups is 1. The Labute approximate surface area is 98.3 Å². The topological polar surface area (TPSA) is 69.9 Å². The van der Waals surface area contributed by atoms with Crippen LogP contribution in [0.4, 0.5) is 0 Å². The van der Waals surface area contributed by atoms with Crippen molar-refractivity contribution in [3.63, 3.8) is 0 Å². The molecule has 0 bridgehead atoms. The lowest BCUT2D eigenvalue weighted by molar-refractivity contribution is 0.0587. The second-order valence-electron chi connectivity index (χ2n) is 3.49. The van der Waals surface area contributed by atoms with E-state index < -0.39 is 5.97 Å². The van der Waals surface area contributed by atoms with E-state index in [1.807, 2.05) is 6.92 Å². The molecule has 88 valence electrons. The Morgan fingerprint density at radius 1 is 1.41 bits per heavy atom. The van der Waals surface area contributed by atoms with Crippen molar-refractivity contribution < 1.29 is 9.53 Å². The summed E-state index contributed by atoms with van der Waals surface area (Å²) in [5.41, 5.74) is 1.15. The first-order valence-corrected chi connectivity index (χ1v) is 5.09. The summed E-state index contributed by atoms with van der Waals surface area (Å²) in [6, 6.07) is 3.41. The molecule has 0 N–H and O–H groups in total. The quantitative estimate of drug-likeness (QED) is 0.732. The van der Waals surface area contributed by atoms with Gasteiger partial charge in [0.05, 0.1) is 12.8 Å². The lowest BCUT2D eigenvalue weighted by Gasteiger charge is -2.04. The molecule has 2 rings (SSSR count). The molecule has 0 aromatic carbocycles. The fraction of sp³-hybridized carbons (Fsp3) is 0.273. The van der Waals surface area contributed by atoms with Crippen LogP contribution in [0.5, 0.6) is 0 Å². The van der Waals surface area contributed by atoms with Crippen LogP contribution in [0.25, 0.3) is 0 Å². The van der Waals surface area contributed by atoms with Gasteiger partial charge in [-0.3, -0.25) is 4.68 Å². The van der Waals surface area contributed by atoms with Gasteiger partial charge in [-0.15, -0.1) is 0 Å². The maximum absolute atomic E-state index is 11.5. The first kappa shape index (κ1) is 11.3. The highest BCUT2D eigenvalue weighted by molar-refractivity contribution is 5.87. The molecule has 0 aliphatic carbocycles. The van der Waals surface area contributed by atoms with Gasteiger partial charge in [-0.25, -0.2) is 14.8 Å². The molecular weight excluding hydrogens is 220 g/mol. The van der Waals surface area contributed by atoms with Gasteiger partial charge in [-0.1, -0.05) is 0 Å². The standard InChI is InChI=1S/C11H12N4O2/c1-8-6-9(11(16)17-2)15(14-8)7-10-12-4-3-5-13-10/h3-6H,7H2,1-2H3. The summed E-state index contributed by atoms with van der Waals surface area (Å²) in [6.07, 6.45) is 3.30. The van der Waals surface area contributed by atoms with E-state index in [1.165, 1.54) is 11.8 Å². The third-order valence-corrected chi connectivity index (χ3v) is 2.21. The van der Waals surface area contributed by atoms with Crippen LogP contribution in [-0.4, -0.2) is 32.8 Å². The van der Waals surface area contributed by atoms with Gasteiger partial charge >= 0.3 is 5.97 Å². The molecule has 0 aliphatic heterocycles. The van der Waals surface area contributed by atoms with Gasteiger partial charge in [0.1, 0.15) is 18.1 Å². The highest BCUT2D eigenvalue weighted by atomic mass is 16.5. The smallest absolute Gasteiger partial charge is 0.356 e. The van der Waals surface area contributed by atoms with Gasteiger partial charge in [-0.2, -0.15) is 5.10 Å². The van der Waals surface area contributed by atoms with Crippen LogP contribution >= 0.6 is 0 Å². The van der Waals surface area contributed by atoms with Crippen molar-refractivity contribution in [1.29, 1.82) is 0 Å². The van der Waals surface area contributed by atoms with E-state index in [0.29, 0.717) is 18.1 Å². The first-order chi connectivity index (χ1) is 8.20. The summed E-state index contributed by atoms with van der Waals surface area (Å²) in [4.78, 5) is 19.7. The zero-order chi connectivity index (χ0) is 12.3. The van der Waals surface area contributed by atoms with E-state index in [-0.39, 0.29) is 0 Å². The molecule has 0 aliphatic rings. The number of nitrogens with zero attached hydrogens (tertiary/aromatic N) is 4. The summed E-state index contributed by atoms with van der Waals surface area (Å²) in [5.74, 6) is 0.183. The Hall–Kier alpha value is -2.24. The van der Waals surface area contributed by atoms with Gasteiger partial charge in [0.25, 0.3) is 0 Å². The van der Waals surface area contributed by atoms with Crippen molar-refractivity contribution in [3.8, 4) is 0 Å². The number of ether oxygens (including phenoxy) is 1. The Balaban J connectivity index is 2.30. The summed E-state index contributed by atoms with van der Waals surface area (Å²) in [7, 11) is 1.34. The third-order valence-electron chi connectivity index (χ3n) is 2.21. The Bertz CT molecular complexity index is 522. The highest BCUT2D eigenvalue weighted by Crippen LogP contribution is 2.07. The van der Waals surface area contributed by atoms with Crippen molar-refractivity contribution in [1.82, 2.24) is 19.7 Å². The molecule has 0 spiro atoms. The maximum Gasteiger partial charge on any atom is 0.356 e. The number of methoxy groups -OCH3 is 1. The van der Waals surface area contributed by atoms with Gasteiger partial charge in [-0.05, 0) is 19.1 Å². The van der Waals surface area contributed by atoms with E-state index in [0.717, 1.165) is 5.69 Å². The molecule has 6 heteroatoms. The van der Waals surface area contributed by atoms with E-state index >= 15 is 0 Å². The van der Waals surface area contributed by atoms with Crippen LogP contribution in [0.3, 0.4) is 0 Å². The van der Waals surface area contributed by atoms with E-state index in [2.05, 4.69) is 19.8 Å². The Morgan fingerprint density at radius 3 is 2.76 bits per heavy atom. The molecule has 0 atom stereocenters. The summed E-state index contributed by atoms with van der Waals surface area (Å²) in [5, 5.41) is 4.21. The normalized spacial score (nSPS) is 10.2. The van der Waals surface area contributed by atoms with Gasteiger partial charge in [0, 0.05) is 12.4 Å². The Morgan fingerprint density at radius 2 is 2.12 bits per heavy atom. The molecule has 17 heavy (non-hydrogen) atoms. The highest BCUT2D eigenvalue weighted by Gasteiger charge is 2.14. The number of hydrogen-bond donors (Lipinski definition) is 0. The van der Waals surface area contributed by atoms with Gasteiger partial charge in [0.15, 0.2) is 0 Å². The molecule has 2 aromatic rings. The minimum absolute atomic E-state index is 0.346. The second-order valence-corrected chi connectivity index (χ2v) is 3.49. The van der Waals surface area contributed by atoms with Crippen molar-refractivity contribution in [2.24, 2.45) is 0 Å². The molecule has 6 nitrogen and oxygen atoms in total. The van der Waals surface area contributed by atoms with Crippen LogP contribution in [0.2, 0.25) is 0 Å².